The molecule has 2 aromatic heterocycles. The summed E-state index contributed by atoms with van der Waals surface area (Å²) in [7, 11) is 0. The summed E-state index contributed by atoms with van der Waals surface area (Å²) >= 11 is 0. The summed E-state index contributed by atoms with van der Waals surface area (Å²) in [4.78, 5) is 0. The number of nitrogens with zero attached hydrogens (tertiary/aromatic N) is 3. The molecule has 17 heavy (non-hydrogen) atoms. The summed E-state index contributed by atoms with van der Waals surface area (Å²) in [5.74, 6) is 1.85. The Hall–Kier alpha value is -1.42. The van der Waals surface area contributed by atoms with E-state index in [0.29, 0.717) is 6.04 Å². The fourth-order valence-corrected chi connectivity index (χ4v) is 2.36. The van der Waals surface area contributed by atoms with Gasteiger partial charge in [0.15, 0.2) is 11.5 Å². The fourth-order valence-electron chi connectivity index (χ4n) is 2.36. The zero-order valence-corrected chi connectivity index (χ0v) is 10.3. The second kappa shape index (κ2) is 4.11. The molecule has 4 heteroatoms. The van der Waals surface area contributed by atoms with Gasteiger partial charge >= 0.3 is 0 Å². The van der Waals surface area contributed by atoms with E-state index in [1.807, 2.05) is 24.4 Å². The minimum Gasteiger partial charge on any atom is -0.305 e. The first-order valence-corrected chi connectivity index (χ1v) is 6.31. The maximum Gasteiger partial charge on any atom is 0.160 e. The van der Waals surface area contributed by atoms with Gasteiger partial charge in [-0.15, -0.1) is 10.2 Å². The Balaban J connectivity index is 1.82. The van der Waals surface area contributed by atoms with E-state index >= 15 is 0 Å². The third-order valence-corrected chi connectivity index (χ3v) is 3.57. The highest BCUT2D eigenvalue weighted by atomic mass is 15.3. The van der Waals surface area contributed by atoms with Gasteiger partial charge in [0.2, 0.25) is 0 Å². The molecule has 1 aliphatic carbocycles. The van der Waals surface area contributed by atoms with Crippen molar-refractivity contribution in [3.63, 3.8) is 0 Å². The van der Waals surface area contributed by atoms with Crippen molar-refractivity contribution in [3.05, 3.63) is 30.2 Å². The zero-order valence-electron chi connectivity index (χ0n) is 10.3. The second-order valence-electron chi connectivity index (χ2n) is 5.00. The molecule has 90 valence electrons. The van der Waals surface area contributed by atoms with E-state index in [0.717, 1.165) is 17.4 Å². The molecule has 0 radical (unpaired) electrons. The molecule has 0 bridgehead atoms. The molecule has 1 fully saturated rings. The third kappa shape index (κ3) is 2.05. The van der Waals surface area contributed by atoms with Gasteiger partial charge in [0.1, 0.15) is 0 Å². The van der Waals surface area contributed by atoms with Crippen molar-refractivity contribution in [2.24, 2.45) is 5.92 Å². The number of nitrogens with one attached hydrogen (secondary N) is 1. The molecule has 0 aromatic carbocycles. The highest BCUT2D eigenvalue weighted by molar-refractivity contribution is 5.37. The van der Waals surface area contributed by atoms with Crippen molar-refractivity contribution in [1.82, 2.24) is 19.9 Å². The summed E-state index contributed by atoms with van der Waals surface area (Å²) in [5, 5.41) is 12.1. The van der Waals surface area contributed by atoms with Crippen LogP contribution in [0.2, 0.25) is 0 Å². The van der Waals surface area contributed by atoms with Crippen molar-refractivity contribution < 1.29 is 0 Å². The Bertz CT molecular complexity index is 515. The van der Waals surface area contributed by atoms with Gasteiger partial charge in [-0.1, -0.05) is 6.07 Å². The van der Waals surface area contributed by atoms with Gasteiger partial charge in [0, 0.05) is 12.2 Å². The van der Waals surface area contributed by atoms with Crippen LogP contribution < -0.4 is 5.32 Å². The molecule has 1 saturated carbocycles. The molecule has 0 amide bonds. The summed E-state index contributed by atoms with van der Waals surface area (Å²) in [6.45, 7) is 4.42. The first-order chi connectivity index (χ1) is 8.25. The summed E-state index contributed by atoms with van der Waals surface area (Å²) in [6.07, 6.45) is 4.74. The number of hydrogen-bond donors (Lipinski definition) is 1. The molecule has 0 spiro atoms. The van der Waals surface area contributed by atoms with E-state index in [1.54, 1.807) is 0 Å². The van der Waals surface area contributed by atoms with Crippen LogP contribution >= 0.6 is 0 Å². The minimum atomic E-state index is 0.239. The Kier molecular flexibility index (Phi) is 2.59. The highest BCUT2D eigenvalue weighted by Gasteiger charge is 2.29. The lowest BCUT2D eigenvalue weighted by atomic mass is 10.2. The standard InChI is InChI=1S/C13H18N4/c1-9(11-6-7-11)14-10(2)13-16-15-12-5-3-4-8-17(12)13/h3-5,8-11,14H,6-7H2,1-2H3. The molecule has 0 saturated heterocycles. The van der Waals surface area contributed by atoms with Gasteiger partial charge in [-0.05, 0) is 44.7 Å². The fraction of sp³-hybridized carbons (Fsp3) is 0.538. The molecule has 1 aliphatic rings. The molecular formula is C13H18N4. The predicted molar refractivity (Wildman–Crippen MR) is 66.7 cm³/mol. The monoisotopic (exact) mass is 230 g/mol. The lowest BCUT2D eigenvalue weighted by molar-refractivity contribution is 0.427. The van der Waals surface area contributed by atoms with E-state index < -0.39 is 0 Å². The first-order valence-electron chi connectivity index (χ1n) is 6.31. The predicted octanol–water partition coefficient (Wildman–Crippen LogP) is 2.18. The van der Waals surface area contributed by atoms with Crippen molar-refractivity contribution in [3.8, 4) is 0 Å². The summed E-state index contributed by atoms with van der Waals surface area (Å²) in [5.41, 5.74) is 0.912. The van der Waals surface area contributed by atoms with Crippen LogP contribution in [0.15, 0.2) is 24.4 Å². The van der Waals surface area contributed by atoms with Gasteiger partial charge in [0.05, 0.1) is 6.04 Å². The molecule has 4 nitrogen and oxygen atoms in total. The molecule has 1 N–H and O–H groups in total. The molecular weight excluding hydrogens is 212 g/mol. The molecule has 2 unspecified atom stereocenters. The highest BCUT2D eigenvalue weighted by Crippen LogP contribution is 2.33. The van der Waals surface area contributed by atoms with Gasteiger partial charge in [-0.25, -0.2) is 0 Å². The van der Waals surface area contributed by atoms with Crippen LogP contribution in [-0.4, -0.2) is 20.6 Å². The van der Waals surface area contributed by atoms with Gasteiger partial charge in [-0.2, -0.15) is 0 Å². The summed E-state index contributed by atoms with van der Waals surface area (Å²) < 4.78 is 2.05. The molecule has 2 heterocycles. The topological polar surface area (TPSA) is 42.2 Å². The minimum absolute atomic E-state index is 0.239. The van der Waals surface area contributed by atoms with Crippen LogP contribution in [0.3, 0.4) is 0 Å². The van der Waals surface area contributed by atoms with E-state index in [4.69, 9.17) is 0 Å². The quantitative estimate of drug-likeness (QED) is 0.875. The Morgan fingerprint density at radius 2 is 2.12 bits per heavy atom. The Morgan fingerprint density at radius 1 is 1.29 bits per heavy atom. The van der Waals surface area contributed by atoms with Crippen molar-refractivity contribution in [1.29, 1.82) is 0 Å². The third-order valence-electron chi connectivity index (χ3n) is 3.57. The zero-order chi connectivity index (χ0) is 11.8. The molecule has 0 aliphatic heterocycles. The number of rotatable bonds is 4. The molecule has 2 atom stereocenters. The largest absolute Gasteiger partial charge is 0.305 e. The van der Waals surface area contributed by atoms with Crippen LogP contribution in [0, 0.1) is 5.92 Å². The smallest absolute Gasteiger partial charge is 0.160 e. The second-order valence-corrected chi connectivity index (χ2v) is 5.00. The SMILES string of the molecule is CC(NC(C)C1CC1)c1nnc2ccccn12. The van der Waals surface area contributed by atoms with Crippen molar-refractivity contribution in [2.75, 3.05) is 0 Å². The van der Waals surface area contributed by atoms with Crippen LogP contribution in [0.1, 0.15) is 38.6 Å². The van der Waals surface area contributed by atoms with Crippen LogP contribution in [0.25, 0.3) is 5.65 Å². The Labute approximate surface area is 101 Å². The maximum atomic E-state index is 4.28. The van der Waals surface area contributed by atoms with E-state index in [1.165, 1.54) is 12.8 Å². The lowest BCUT2D eigenvalue weighted by Crippen LogP contribution is -2.31. The van der Waals surface area contributed by atoms with E-state index in [-0.39, 0.29) is 6.04 Å². The van der Waals surface area contributed by atoms with Crippen LogP contribution in [0.5, 0.6) is 0 Å². The lowest BCUT2D eigenvalue weighted by Gasteiger charge is -2.18. The summed E-state index contributed by atoms with van der Waals surface area (Å²) in [6, 6.07) is 6.78. The van der Waals surface area contributed by atoms with Gasteiger partial charge in [0.25, 0.3) is 0 Å². The molecule has 2 aromatic rings. The van der Waals surface area contributed by atoms with E-state index in [2.05, 4.69) is 33.8 Å². The molecule has 3 rings (SSSR count). The number of hydrogen-bond acceptors (Lipinski definition) is 3. The number of aromatic nitrogens is 3. The van der Waals surface area contributed by atoms with Crippen LogP contribution in [-0.2, 0) is 0 Å². The normalized spacial score (nSPS) is 19.4. The average Bonchev–Trinajstić information content (AvgIpc) is 3.09. The first kappa shape index (κ1) is 10.7. The number of pyridine rings is 1. The van der Waals surface area contributed by atoms with Crippen LogP contribution in [0.4, 0.5) is 0 Å². The van der Waals surface area contributed by atoms with E-state index in [9.17, 15) is 0 Å². The number of fused-ring (bicyclic) bond motifs is 1. The van der Waals surface area contributed by atoms with Gasteiger partial charge < -0.3 is 5.32 Å². The maximum absolute atomic E-state index is 4.28. The van der Waals surface area contributed by atoms with Gasteiger partial charge in [-0.3, -0.25) is 4.40 Å². The van der Waals surface area contributed by atoms with Crippen molar-refractivity contribution in [2.45, 2.75) is 38.8 Å². The Morgan fingerprint density at radius 3 is 2.88 bits per heavy atom. The average molecular weight is 230 g/mol. The van der Waals surface area contributed by atoms with Crippen molar-refractivity contribution >= 4 is 5.65 Å².